The van der Waals surface area contributed by atoms with Gasteiger partial charge in [-0.2, -0.15) is 9.98 Å². The van der Waals surface area contributed by atoms with Crippen LogP contribution in [0.2, 0.25) is 0 Å². The number of nitrogens with zero attached hydrogens (tertiary/aromatic N) is 2. The Morgan fingerprint density at radius 3 is 1.86 bits per heavy atom. The molecule has 0 N–H and O–H groups in total. The highest BCUT2D eigenvalue weighted by molar-refractivity contribution is 5.37. The molecule has 0 fully saturated rings. The van der Waals surface area contributed by atoms with Gasteiger partial charge in [0.1, 0.15) is 0 Å². The van der Waals surface area contributed by atoms with Gasteiger partial charge >= 0.3 is 0 Å². The van der Waals surface area contributed by atoms with Crippen LogP contribution in [0.15, 0.2) is 9.98 Å². The summed E-state index contributed by atoms with van der Waals surface area (Å²) < 4.78 is 0. The third kappa shape index (κ3) is 5.41. The van der Waals surface area contributed by atoms with Gasteiger partial charge in [0.25, 0.3) is 0 Å². The van der Waals surface area contributed by atoms with E-state index < -0.39 is 6.17 Å². The summed E-state index contributed by atoms with van der Waals surface area (Å²) >= 11 is 0. The Hall–Kier alpha value is -1.24. The van der Waals surface area contributed by atoms with Crippen LogP contribution in [0.3, 0.4) is 0 Å². The predicted molar refractivity (Wildman–Crippen MR) is 53.3 cm³/mol. The number of carbonyl (C=O) groups excluding carboxylic acids is 2. The molecular formula is C10H16N2O2. The molecule has 0 aliphatic heterocycles. The predicted octanol–water partition coefficient (Wildman–Crippen LogP) is 2.06. The van der Waals surface area contributed by atoms with E-state index in [1.807, 2.05) is 6.92 Å². The molecule has 0 aromatic carbocycles. The lowest BCUT2D eigenvalue weighted by molar-refractivity contribution is 0.280. The van der Waals surface area contributed by atoms with E-state index in [9.17, 15) is 9.59 Å². The summed E-state index contributed by atoms with van der Waals surface area (Å²) in [5.74, 6) is 0.0397. The fourth-order valence-electron chi connectivity index (χ4n) is 1.46. The van der Waals surface area contributed by atoms with Crippen molar-refractivity contribution < 1.29 is 9.59 Å². The molecule has 0 bridgehead atoms. The highest BCUT2D eigenvalue weighted by atomic mass is 16.1. The van der Waals surface area contributed by atoms with Gasteiger partial charge in [0.15, 0.2) is 6.17 Å². The lowest BCUT2D eigenvalue weighted by atomic mass is 9.84. The Morgan fingerprint density at radius 1 is 1.14 bits per heavy atom. The van der Waals surface area contributed by atoms with Gasteiger partial charge in [-0.3, -0.25) is 0 Å². The van der Waals surface area contributed by atoms with Crippen molar-refractivity contribution in [2.45, 2.75) is 40.3 Å². The summed E-state index contributed by atoms with van der Waals surface area (Å²) in [5, 5.41) is 0. The van der Waals surface area contributed by atoms with Gasteiger partial charge in [0.2, 0.25) is 12.2 Å². The first-order chi connectivity index (χ1) is 6.40. The van der Waals surface area contributed by atoms with Gasteiger partial charge in [-0.25, -0.2) is 9.59 Å². The van der Waals surface area contributed by atoms with Gasteiger partial charge in [0, 0.05) is 5.92 Å². The average Bonchev–Trinajstić information content (AvgIpc) is 2.01. The normalized spacial score (nSPS) is 14.9. The number of rotatable bonds is 4. The van der Waals surface area contributed by atoms with Crippen LogP contribution in [-0.4, -0.2) is 18.3 Å². The number of hydrogen-bond acceptors (Lipinski definition) is 4. The largest absolute Gasteiger partial charge is 0.237 e. The fraction of sp³-hybridized carbons (Fsp3) is 0.800. The molecule has 0 saturated carbocycles. The molecule has 0 aromatic rings. The molecule has 0 aliphatic rings. The molecule has 78 valence electrons. The summed E-state index contributed by atoms with van der Waals surface area (Å²) in [7, 11) is 0. The summed E-state index contributed by atoms with van der Waals surface area (Å²) in [6, 6.07) is 0. The smallest absolute Gasteiger partial charge is 0.211 e. The maximum Gasteiger partial charge on any atom is 0.237 e. The molecule has 0 aromatic heterocycles. The topological polar surface area (TPSA) is 58.9 Å². The first-order valence-electron chi connectivity index (χ1n) is 4.54. The van der Waals surface area contributed by atoms with Gasteiger partial charge in [0.05, 0.1) is 0 Å². The molecule has 0 aliphatic carbocycles. The van der Waals surface area contributed by atoms with Crippen LogP contribution >= 0.6 is 0 Å². The molecule has 4 heteroatoms. The minimum Gasteiger partial charge on any atom is -0.211 e. The third-order valence-corrected chi connectivity index (χ3v) is 1.81. The highest BCUT2D eigenvalue weighted by Crippen LogP contribution is 2.27. The maximum atomic E-state index is 10.1. The van der Waals surface area contributed by atoms with Crippen LogP contribution in [0, 0.1) is 11.3 Å². The van der Waals surface area contributed by atoms with Crippen molar-refractivity contribution in [2.75, 3.05) is 0 Å². The van der Waals surface area contributed by atoms with Gasteiger partial charge < -0.3 is 0 Å². The molecule has 1 atom stereocenters. The quantitative estimate of drug-likeness (QED) is 0.510. The van der Waals surface area contributed by atoms with E-state index in [0.29, 0.717) is 0 Å². The Bertz CT molecular complexity index is 250. The second kappa shape index (κ2) is 5.48. The van der Waals surface area contributed by atoms with Crippen LogP contribution < -0.4 is 0 Å². The lowest BCUT2D eigenvalue weighted by Crippen LogP contribution is -2.20. The lowest BCUT2D eigenvalue weighted by Gasteiger charge is -2.24. The minimum absolute atomic E-state index is 0.0397. The first-order valence-corrected chi connectivity index (χ1v) is 4.54. The van der Waals surface area contributed by atoms with E-state index in [4.69, 9.17) is 0 Å². The number of aliphatic imine (C=N–C) groups is 2. The van der Waals surface area contributed by atoms with Crippen molar-refractivity contribution in [1.82, 2.24) is 0 Å². The van der Waals surface area contributed by atoms with Crippen LogP contribution in [0.1, 0.15) is 34.1 Å². The van der Waals surface area contributed by atoms with Crippen molar-refractivity contribution in [1.29, 1.82) is 0 Å². The zero-order chi connectivity index (χ0) is 11.2. The van der Waals surface area contributed by atoms with Crippen molar-refractivity contribution in [3.8, 4) is 0 Å². The Morgan fingerprint density at radius 2 is 1.57 bits per heavy atom. The Kier molecular flexibility index (Phi) is 5.00. The highest BCUT2D eigenvalue weighted by Gasteiger charge is 2.22. The van der Waals surface area contributed by atoms with E-state index in [2.05, 4.69) is 30.8 Å². The molecular weight excluding hydrogens is 180 g/mol. The standard InChI is InChI=1S/C10H16N2O2/c1-8(5-10(2,3)4)9(11-6-13)12-7-14/h8-9H,5H2,1-4H3. The van der Waals surface area contributed by atoms with E-state index in [1.54, 1.807) is 0 Å². The summed E-state index contributed by atoms with van der Waals surface area (Å²) in [4.78, 5) is 27.1. The Balaban J connectivity index is 4.51. The van der Waals surface area contributed by atoms with E-state index >= 15 is 0 Å². The zero-order valence-electron chi connectivity index (χ0n) is 9.07. The fourth-order valence-corrected chi connectivity index (χ4v) is 1.46. The first kappa shape index (κ1) is 12.8. The second-order valence-corrected chi connectivity index (χ2v) is 4.60. The maximum absolute atomic E-state index is 10.1. The van der Waals surface area contributed by atoms with E-state index in [-0.39, 0.29) is 11.3 Å². The van der Waals surface area contributed by atoms with Crippen molar-refractivity contribution >= 4 is 12.2 Å². The SMILES string of the molecule is CC(CC(C)(C)C)C(N=C=O)N=C=O. The van der Waals surface area contributed by atoms with Crippen LogP contribution in [0.5, 0.6) is 0 Å². The molecule has 0 spiro atoms. The number of isocyanates is 2. The minimum atomic E-state index is -0.635. The van der Waals surface area contributed by atoms with Crippen LogP contribution in [0.4, 0.5) is 0 Å². The second-order valence-electron chi connectivity index (χ2n) is 4.60. The molecule has 0 rings (SSSR count). The molecule has 1 unspecified atom stereocenters. The van der Waals surface area contributed by atoms with Crippen molar-refractivity contribution in [2.24, 2.45) is 21.3 Å². The summed E-state index contributed by atoms with van der Waals surface area (Å²) in [6.45, 7) is 8.14. The Labute approximate surface area is 84.1 Å². The molecule has 14 heavy (non-hydrogen) atoms. The zero-order valence-corrected chi connectivity index (χ0v) is 9.07. The van der Waals surface area contributed by atoms with E-state index in [1.165, 1.54) is 12.2 Å². The van der Waals surface area contributed by atoms with Gasteiger partial charge in [-0.1, -0.05) is 27.7 Å². The summed E-state index contributed by atoms with van der Waals surface area (Å²) in [6.07, 6.45) is 3.04. The monoisotopic (exact) mass is 196 g/mol. The third-order valence-electron chi connectivity index (χ3n) is 1.81. The molecule has 4 nitrogen and oxygen atoms in total. The molecule has 0 radical (unpaired) electrons. The van der Waals surface area contributed by atoms with Crippen LogP contribution in [0.25, 0.3) is 0 Å². The van der Waals surface area contributed by atoms with Crippen molar-refractivity contribution in [3.05, 3.63) is 0 Å². The average molecular weight is 196 g/mol. The molecule has 0 saturated heterocycles. The molecule has 0 heterocycles. The number of hydrogen-bond donors (Lipinski definition) is 0. The van der Waals surface area contributed by atoms with Crippen LogP contribution in [-0.2, 0) is 9.59 Å². The summed E-state index contributed by atoms with van der Waals surface area (Å²) in [5.41, 5.74) is 0.120. The van der Waals surface area contributed by atoms with Crippen molar-refractivity contribution in [3.63, 3.8) is 0 Å². The van der Waals surface area contributed by atoms with Gasteiger partial charge in [-0.15, -0.1) is 0 Å². The van der Waals surface area contributed by atoms with Gasteiger partial charge in [-0.05, 0) is 11.8 Å². The van der Waals surface area contributed by atoms with E-state index in [0.717, 1.165) is 6.42 Å². The molecule has 0 amide bonds.